The van der Waals surface area contributed by atoms with Gasteiger partial charge in [-0.05, 0) is 57.2 Å². The molecule has 1 saturated heterocycles. The molecular weight excluding hydrogens is 200 g/mol. The minimum atomic E-state index is 0.387. The third kappa shape index (κ3) is 3.44. The lowest BCUT2D eigenvalue weighted by atomic mass is 9.97. The maximum absolute atomic E-state index is 9.23. The number of hydrogen-bond acceptors (Lipinski definition) is 3. The highest BCUT2D eigenvalue weighted by Crippen LogP contribution is 2.30. The Morgan fingerprint density at radius 3 is 2.56 bits per heavy atom. The Kier molecular flexibility index (Phi) is 5.07. The smallest absolute Gasteiger partial charge is 0.0462 e. The lowest BCUT2D eigenvalue weighted by molar-refractivity contribution is 0.191. The molecule has 2 fully saturated rings. The van der Waals surface area contributed by atoms with Gasteiger partial charge in [0.2, 0.25) is 0 Å². The van der Waals surface area contributed by atoms with Gasteiger partial charge in [-0.15, -0.1) is 0 Å². The summed E-state index contributed by atoms with van der Waals surface area (Å²) >= 11 is 0. The molecule has 1 aliphatic carbocycles. The molecule has 2 unspecified atom stereocenters. The molecule has 1 heterocycles. The summed E-state index contributed by atoms with van der Waals surface area (Å²) < 4.78 is 0. The second-order valence-corrected chi connectivity index (χ2v) is 5.39. The summed E-state index contributed by atoms with van der Waals surface area (Å²) in [6.07, 6.45) is 6.62. The first kappa shape index (κ1) is 12.3. The van der Waals surface area contributed by atoms with E-state index in [1.807, 2.05) is 0 Å². The van der Waals surface area contributed by atoms with E-state index in [1.165, 1.54) is 51.7 Å². The average molecular weight is 226 g/mol. The van der Waals surface area contributed by atoms with Crippen molar-refractivity contribution in [3.05, 3.63) is 0 Å². The van der Waals surface area contributed by atoms with E-state index in [0.29, 0.717) is 12.5 Å². The van der Waals surface area contributed by atoms with E-state index >= 15 is 0 Å². The van der Waals surface area contributed by atoms with Crippen molar-refractivity contribution in [2.45, 2.75) is 32.1 Å². The van der Waals surface area contributed by atoms with Gasteiger partial charge in [-0.3, -0.25) is 0 Å². The fraction of sp³-hybridized carbons (Fsp3) is 1.00. The zero-order chi connectivity index (χ0) is 11.2. The van der Waals surface area contributed by atoms with Crippen molar-refractivity contribution < 1.29 is 5.11 Å². The van der Waals surface area contributed by atoms with Gasteiger partial charge in [0, 0.05) is 19.7 Å². The van der Waals surface area contributed by atoms with Crippen molar-refractivity contribution in [3.63, 3.8) is 0 Å². The predicted molar refractivity (Wildman–Crippen MR) is 66.5 cm³/mol. The molecule has 0 amide bonds. The van der Waals surface area contributed by atoms with Crippen LogP contribution in [0, 0.1) is 11.8 Å². The third-order valence-electron chi connectivity index (χ3n) is 4.26. The van der Waals surface area contributed by atoms with Crippen molar-refractivity contribution in [2.24, 2.45) is 11.8 Å². The zero-order valence-electron chi connectivity index (χ0n) is 10.3. The van der Waals surface area contributed by atoms with Crippen molar-refractivity contribution in [3.8, 4) is 0 Å². The first-order valence-electron chi connectivity index (χ1n) is 6.94. The normalized spacial score (nSPS) is 31.3. The highest BCUT2D eigenvalue weighted by atomic mass is 16.3. The number of likely N-dealkylation sites (tertiary alicyclic amines) is 1. The minimum Gasteiger partial charge on any atom is -0.396 e. The second kappa shape index (κ2) is 6.58. The van der Waals surface area contributed by atoms with Crippen LogP contribution < -0.4 is 5.32 Å². The van der Waals surface area contributed by atoms with Crippen LogP contribution in [0.4, 0.5) is 0 Å². The van der Waals surface area contributed by atoms with Gasteiger partial charge in [0.25, 0.3) is 0 Å². The fourth-order valence-electron chi connectivity index (χ4n) is 3.15. The largest absolute Gasteiger partial charge is 0.396 e. The fourth-order valence-corrected chi connectivity index (χ4v) is 3.15. The van der Waals surface area contributed by atoms with E-state index in [-0.39, 0.29) is 0 Å². The first-order chi connectivity index (χ1) is 7.90. The maximum atomic E-state index is 9.23. The number of aliphatic hydroxyl groups excluding tert-OH is 1. The van der Waals surface area contributed by atoms with Crippen molar-refractivity contribution >= 4 is 0 Å². The van der Waals surface area contributed by atoms with Crippen LogP contribution in [-0.2, 0) is 0 Å². The summed E-state index contributed by atoms with van der Waals surface area (Å²) in [5.74, 6) is 1.29. The van der Waals surface area contributed by atoms with E-state index in [1.54, 1.807) is 0 Å². The van der Waals surface area contributed by atoms with E-state index in [9.17, 15) is 5.11 Å². The number of nitrogens with zero attached hydrogens (tertiary/aromatic N) is 1. The summed E-state index contributed by atoms with van der Waals surface area (Å²) in [6.45, 7) is 6.41. The van der Waals surface area contributed by atoms with Gasteiger partial charge in [0.1, 0.15) is 0 Å². The molecule has 2 atom stereocenters. The van der Waals surface area contributed by atoms with Crippen LogP contribution in [0.2, 0.25) is 0 Å². The number of aliphatic hydroxyl groups is 1. The molecule has 3 nitrogen and oxygen atoms in total. The topological polar surface area (TPSA) is 35.5 Å². The lowest BCUT2D eigenvalue weighted by Gasteiger charge is -2.19. The molecule has 2 rings (SSSR count). The number of hydrogen-bond donors (Lipinski definition) is 2. The standard InChI is InChI=1S/C13H26N2O/c16-11-13-5-3-4-12(13)10-14-6-9-15-7-1-2-8-15/h12-14,16H,1-11H2. The molecule has 0 aromatic heterocycles. The highest BCUT2D eigenvalue weighted by Gasteiger charge is 2.25. The Morgan fingerprint density at radius 2 is 1.81 bits per heavy atom. The number of rotatable bonds is 6. The molecule has 0 bridgehead atoms. The van der Waals surface area contributed by atoms with Gasteiger partial charge in [0.05, 0.1) is 0 Å². The summed E-state index contributed by atoms with van der Waals surface area (Å²) in [5, 5.41) is 12.8. The molecule has 94 valence electrons. The first-order valence-corrected chi connectivity index (χ1v) is 6.94. The maximum Gasteiger partial charge on any atom is 0.0462 e. The van der Waals surface area contributed by atoms with Gasteiger partial charge in [-0.2, -0.15) is 0 Å². The summed E-state index contributed by atoms with van der Waals surface area (Å²) in [5.41, 5.74) is 0. The minimum absolute atomic E-state index is 0.387. The van der Waals surface area contributed by atoms with Crippen molar-refractivity contribution in [1.82, 2.24) is 10.2 Å². The Morgan fingerprint density at radius 1 is 1.06 bits per heavy atom. The van der Waals surface area contributed by atoms with Crippen LogP contribution >= 0.6 is 0 Å². The highest BCUT2D eigenvalue weighted by molar-refractivity contribution is 4.78. The zero-order valence-corrected chi connectivity index (χ0v) is 10.3. The summed E-state index contributed by atoms with van der Waals surface area (Å²) in [4.78, 5) is 2.55. The van der Waals surface area contributed by atoms with Gasteiger partial charge in [0.15, 0.2) is 0 Å². The quantitative estimate of drug-likeness (QED) is 0.665. The van der Waals surface area contributed by atoms with Crippen LogP contribution in [0.1, 0.15) is 32.1 Å². The average Bonchev–Trinajstić information content (AvgIpc) is 2.95. The monoisotopic (exact) mass is 226 g/mol. The molecule has 3 heteroatoms. The van der Waals surface area contributed by atoms with Crippen LogP contribution in [0.5, 0.6) is 0 Å². The Labute approximate surface area is 99.2 Å². The molecule has 2 aliphatic rings. The molecule has 0 spiro atoms. The van der Waals surface area contributed by atoms with Crippen LogP contribution in [0.15, 0.2) is 0 Å². The van der Waals surface area contributed by atoms with Gasteiger partial charge in [-0.1, -0.05) is 6.42 Å². The SMILES string of the molecule is OCC1CCCC1CNCCN1CCCC1. The van der Waals surface area contributed by atoms with Crippen molar-refractivity contribution in [1.29, 1.82) is 0 Å². The van der Waals surface area contributed by atoms with E-state index in [0.717, 1.165) is 19.0 Å². The molecule has 1 saturated carbocycles. The predicted octanol–water partition coefficient (Wildman–Crippen LogP) is 1.08. The Hall–Kier alpha value is -0.120. The second-order valence-electron chi connectivity index (χ2n) is 5.39. The van der Waals surface area contributed by atoms with Gasteiger partial charge < -0.3 is 15.3 Å². The third-order valence-corrected chi connectivity index (χ3v) is 4.26. The van der Waals surface area contributed by atoms with Crippen LogP contribution in [-0.4, -0.2) is 49.3 Å². The molecule has 0 aromatic carbocycles. The summed E-state index contributed by atoms with van der Waals surface area (Å²) in [6, 6.07) is 0. The van der Waals surface area contributed by atoms with Crippen LogP contribution in [0.25, 0.3) is 0 Å². The van der Waals surface area contributed by atoms with E-state index in [2.05, 4.69) is 10.2 Å². The molecule has 0 aromatic rings. The van der Waals surface area contributed by atoms with Crippen LogP contribution in [0.3, 0.4) is 0 Å². The molecular formula is C13H26N2O. The molecule has 1 aliphatic heterocycles. The molecule has 16 heavy (non-hydrogen) atoms. The summed E-state index contributed by atoms with van der Waals surface area (Å²) in [7, 11) is 0. The van der Waals surface area contributed by atoms with E-state index in [4.69, 9.17) is 0 Å². The number of nitrogens with one attached hydrogen (secondary N) is 1. The Balaban J connectivity index is 1.53. The van der Waals surface area contributed by atoms with Gasteiger partial charge in [-0.25, -0.2) is 0 Å². The molecule has 2 N–H and O–H groups in total. The van der Waals surface area contributed by atoms with Crippen molar-refractivity contribution in [2.75, 3.05) is 39.3 Å². The van der Waals surface area contributed by atoms with Gasteiger partial charge >= 0.3 is 0 Å². The van der Waals surface area contributed by atoms with E-state index < -0.39 is 0 Å². The Bertz CT molecular complexity index is 192. The lowest BCUT2D eigenvalue weighted by Crippen LogP contribution is -2.33. The molecule has 0 radical (unpaired) electrons.